The van der Waals surface area contributed by atoms with Crippen molar-refractivity contribution in [2.75, 3.05) is 20.2 Å². The van der Waals surface area contributed by atoms with Crippen LogP contribution in [-0.2, 0) is 6.54 Å². The first-order chi connectivity index (χ1) is 7.90. The smallest absolute Gasteiger partial charge is 0.236 e. The van der Waals surface area contributed by atoms with E-state index in [1.165, 1.54) is 12.8 Å². The molecule has 0 aromatic carbocycles. The summed E-state index contributed by atoms with van der Waals surface area (Å²) in [6, 6.07) is 0.600. The molecular formula is C11H18N4O. The lowest BCUT2D eigenvalue weighted by molar-refractivity contribution is 0.386. The molecule has 1 aromatic rings. The molecule has 5 nitrogen and oxygen atoms in total. The van der Waals surface area contributed by atoms with Crippen LogP contribution in [0.15, 0.2) is 12.4 Å². The third kappa shape index (κ3) is 2.90. The predicted octanol–water partition coefficient (Wildman–Crippen LogP) is 0.327. The SMILES string of the molecule is COc1nccnc1CNC[C@H]1CCCN1. The minimum atomic E-state index is 0.600. The Morgan fingerprint density at radius 1 is 1.50 bits per heavy atom. The van der Waals surface area contributed by atoms with E-state index in [1.54, 1.807) is 19.5 Å². The van der Waals surface area contributed by atoms with E-state index in [4.69, 9.17) is 4.74 Å². The fourth-order valence-electron chi connectivity index (χ4n) is 1.94. The van der Waals surface area contributed by atoms with Crippen LogP contribution in [0.1, 0.15) is 18.5 Å². The molecule has 2 heterocycles. The van der Waals surface area contributed by atoms with Crippen LogP contribution >= 0.6 is 0 Å². The lowest BCUT2D eigenvalue weighted by atomic mass is 10.2. The summed E-state index contributed by atoms with van der Waals surface area (Å²) >= 11 is 0. The molecule has 88 valence electrons. The van der Waals surface area contributed by atoms with E-state index in [9.17, 15) is 0 Å². The highest BCUT2D eigenvalue weighted by atomic mass is 16.5. The Labute approximate surface area is 95.6 Å². The summed E-state index contributed by atoms with van der Waals surface area (Å²) in [6.07, 6.45) is 5.86. The highest BCUT2D eigenvalue weighted by Gasteiger charge is 2.13. The summed E-state index contributed by atoms with van der Waals surface area (Å²) in [5, 5.41) is 6.82. The average Bonchev–Trinajstić information content (AvgIpc) is 2.83. The Morgan fingerprint density at radius 3 is 3.12 bits per heavy atom. The van der Waals surface area contributed by atoms with Crippen LogP contribution < -0.4 is 15.4 Å². The molecule has 1 fully saturated rings. The van der Waals surface area contributed by atoms with Crippen LogP contribution in [0.25, 0.3) is 0 Å². The summed E-state index contributed by atoms with van der Waals surface area (Å²) in [5.41, 5.74) is 0.864. The Hall–Kier alpha value is -1.20. The zero-order chi connectivity index (χ0) is 11.2. The quantitative estimate of drug-likeness (QED) is 0.751. The van der Waals surface area contributed by atoms with Crippen LogP contribution in [0.2, 0.25) is 0 Å². The molecule has 0 amide bonds. The lowest BCUT2D eigenvalue weighted by Gasteiger charge is -2.11. The molecule has 0 saturated carbocycles. The second kappa shape index (κ2) is 5.77. The van der Waals surface area contributed by atoms with Gasteiger partial charge >= 0.3 is 0 Å². The van der Waals surface area contributed by atoms with Gasteiger partial charge in [0.15, 0.2) is 0 Å². The molecular weight excluding hydrogens is 204 g/mol. The van der Waals surface area contributed by atoms with Crippen LogP contribution in [0.3, 0.4) is 0 Å². The van der Waals surface area contributed by atoms with E-state index >= 15 is 0 Å². The maximum atomic E-state index is 5.14. The Bertz CT molecular complexity index is 326. The van der Waals surface area contributed by atoms with Crippen LogP contribution in [0.4, 0.5) is 0 Å². The molecule has 5 heteroatoms. The minimum Gasteiger partial charge on any atom is -0.480 e. The van der Waals surface area contributed by atoms with Crippen molar-refractivity contribution < 1.29 is 4.74 Å². The zero-order valence-corrected chi connectivity index (χ0v) is 9.57. The number of rotatable bonds is 5. The summed E-state index contributed by atoms with van der Waals surface area (Å²) in [6.45, 7) is 2.82. The highest BCUT2D eigenvalue weighted by Crippen LogP contribution is 2.10. The average molecular weight is 222 g/mol. The van der Waals surface area contributed by atoms with Gasteiger partial charge in [0, 0.05) is 31.5 Å². The number of ether oxygens (including phenoxy) is 1. The Balaban J connectivity index is 1.79. The van der Waals surface area contributed by atoms with Crippen molar-refractivity contribution in [1.82, 2.24) is 20.6 Å². The summed E-state index contributed by atoms with van der Waals surface area (Å²) in [7, 11) is 1.62. The number of nitrogens with zero attached hydrogens (tertiary/aromatic N) is 2. The third-order valence-electron chi connectivity index (χ3n) is 2.77. The highest BCUT2D eigenvalue weighted by molar-refractivity contribution is 5.16. The number of methoxy groups -OCH3 is 1. The third-order valence-corrected chi connectivity index (χ3v) is 2.77. The van der Waals surface area contributed by atoms with Gasteiger partial charge in [-0.25, -0.2) is 4.98 Å². The topological polar surface area (TPSA) is 59.1 Å². The van der Waals surface area contributed by atoms with E-state index in [0.717, 1.165) is 18.8 Å². The van der Waals surface area contributed by atoms with Gasteiger partial charge in [-0.1, -0.05) is 0 Å². The van der Waals surface area contributed by atoms with Gasteiger partial charge < -0.3 is 15.4 Å². The first-order valence-corrected chi connectivity index (χ1v) is 5.68. The van der Waals surface area contributed by atoms with Crippen molar-refractivity contribution in [3.63, 3.8) is 0 Å². The van der Waals surface area contributed by atoms with Crippen molar-refractivity contribution >= 4 is 0 Å². The van der Waals surface area contributed by atoms with E-state index in [-0.39, 0.29) is 0 Å². The van der Waals surface area contributed by atoms with Gasteiger partial charge in [0.1, 0.15) is 5.69 Å². The summed E-state index contributed by atoms with van der Waals surface area (Å²) in [5.74, 6) is 0.606. The van der Waals surface area contributed by atoms with E-state index in [1.807, 2.05) is 0 Å². The fourth-order valence-corrected chi connectivity index (χ4v) is 1.94. The molecule has 0 bridgehead atoms. The van der Waals surface area contributed by atoms with Crippen LogP contribution in [0.5, 0.6) is 5.88 Å². The summed E-state index contributed by atoms with van der Waals surface area (Å²) < 4.78 is 5.14. The lowest BCUT2D eigenvalue weighted by Crippen LogP contribution is -2.33. The van der Waals surface area contributed by atoms with Gasteiger partial charge in [-0.2, -0.15) is 0 Å². The van der Waals surface area contributed by atoms with E-state index in [2.05, 4.69) is 20.6 Å². The second-order valence-electron chi connectivity index (χ2n) is 3.94. The van der Waals surface area contributed by atoms with Gasteiger partial charge in [0.05, 0.1) is 7.11 Å². The van der Waals surface area contributed by atoms with Crippen molar-refractivity contribution in [3.8, 4) is 5.88 Å². The van der Waals surface area contributed by atoms with Crippen LogP contribution in [-0.4, -0.2) is 36.2 Å². The molecule has 1 atom stereocenters. The molecule has 1 aromatic heterocycles. The normalized spacial score (nSPS) is 19.9. The molecule has 16 heavy (non-hydrogen) atoms. The predicted molar refractivity (Wildman–Crippen MR) is 61.3 cm³/mol. The van der Waals surface area contributed by atoms with Gasteiger partial charge in [-0.3, -0.25) is 4.98 Å². The van der Waals surface area contributed by atoms with Crippen molar-refractivity contribution in [1.29, 1.82) is 0 Å². The zero-order valence-electron chi connectivity index (χ0n) is 9.57. The van der Waals surface area contributed by atoms with Crippen molar-refractivity contribution in [3.05, 3.63) is 18.1 Å². The maximum absolute atomic E-state index is 5.14. The van der Waals surface area contributed by atoms with Crippen molar-refractivity contribution in [2.45, 2.75) is 25.4 Å². The minimum absolute atomic E-state index is 0.600. The standard InChI is InChI=1S/C11H18N4O/c1-16-11-10(14-5-6-15-11)8-12-7-9-3-2-4-13-9/h5-6,9,12-13H,2-4,7-8H2,1H3/t9-/m1/s1. The van der Waals surface area contributed by atoms with Crippen molar-refractivity contribution in [2.24, 2.45) is 0 Å². The first-order valence-electron chi connectivity index (χ1n) is 5.68. The molecule has 0 radical (unpaired) electrons. The number of nitrogens with one attached hydrogen (secondary N) is 2. The first kappa shape index (κ1) is 11.3. The van der Waals surface area contributed by atoms with E-state index < -0.39 is 0 Å². The molecule has 1 aliphatic rings. The van der Waals surface area contributed by atoms with Gasteiger partial charge in [-0.15, -0.1) is 0 Å². The fraction of sp³-hybridized carbons (Fsp3) is 0.636. The Kier molecular flexibility index (Phi) is 4.07. The van der Waals surface area contributed by atoms with E-state index in [0.29, 0.717) is 18.5 Å². The molecule has 2 N–H and O–H groups in total. The largest absolute Gasteiger partial charge is 0.480 e. The number of hydrogen-bond acceptors (Lipinski definition) is 5. The molecule has 1 saturated heterocycles. The van der Waals surface area contributed by atoms with Crippen LogP contribution in [0, 0.1) is 0 Å². The molecule has 0 spiro atoms. The Morgan fingerprint density at radius 2 is 2.38 bits per heavy atom. The van der Waals surface area contributed by atoms with Gasteiger partial charge in [0.2, 0.25) is 5.88 Å². The monoisotopic (exact) mass is 222 g/mol. The molecule has 0 unspecified atom stereocenters. The molecule has 1 aliphatic heterocycles. The second-order valence-corrected chi connectivity index (χ2v) is 3.94. The molecule has 0 aliphatic carbocycles. The summed E-state index contributed by atoms with van der Waals surface area (Å²) in [4.78, 5) is 8.35. The number of hydrogen-bond donors (Lipinski definition) is 2. The maximum Gasteiger partial charge on any atom is 0.236 e. The van der Waals surface area contributed by atoms with Gasteiger partial charge in [-0.05, 0) is 19.4 Å². The van der Waals surface area contributed by atoms with Gasteiger partial charge in [0.25, 0.3) is 0 Å². The number of aromatic nitrogens is 2. The molecule has 2 rings (SSSR count).